The molecular formula is C19H16BrCl2N3O. The number of halogens is 3. The molecule has 0 aliphatic heterocycles. The summed E-state index contributed by atoms with van der Waals surface area (Å²) in [6, 6.07) is 9.27. The largest absolute Gasteiger partial charge is 0.322 e. The molecule has 1 N–H and O–H groups in total. The molecule has 0 radical (unpaired) electrons. The van der Waals surface area contributed by atoms with E-state index in [1.54, 1.807) is 24.4 Å². The first kappa shape index (κ1) is 17.8. The molecule has 7 heteroatoms. The highest BCUT2D eigenvalue weighted by Crippen LogP contribution is 2.34. The minimum Gasteiger partial charge on any atom is -0.322 e. The summed E-state index contributed by atoms with van der Waals surface area (Å²) in [7, 11) is 0. The van der Waals surface area contributed by atoms with Gasteiger partial charge in [-0.15, -0.1) is 0 Å². The Labute approximate surface area is 169 Å². The summed E-state index contributed by atoms with van der Waals surface area (Å²) < 4.78 is 2.91. The number of carbonyl (C=O) groups excluding carboxylic acids is 1. The molecular weight excluding hydrogens is 437 g/mol. The van der Waals surface area contributed by atoms with Crippen LogP contribution in [0.1, 0.15) is 42.1 Å². The molecule has 134 valence electrons. The van der Waals surface area contributed by atoms with Crippen LogP contribution in [0, 0.1) is 0 Å². The maximum atomic E-state index is 12.9. The molecule has 0 spiro atoms. The standard InChI is InChI=1S/C19H16BrCl2N3O/c20-11-7-14(19(26)24-12-5-6-16(21)17(22)9-12)15-10-23-25(18(15)8-11)13-3-1-2-4-13/h5-10,13H,1-4H2,(H,24,26). The predicted molar refractivity (Wildman–Crippen MR) is 109 cm³/mol. The van der Waals surface area contributed by atoms with Gasteiger partial charge >= 0.3 is 0 Å². The fourth-order valence-electron chi connectivity index (χ4n) is 3.51. The summed E-state index contributed by atoms with van der Waals surface area (Å²) in [5.41, 5.74) is 2.15. The monoisotopic (exact) mass is 451 g/mol. The van der Waals surface area contributed by atoms with Crippen molar-refractivity contribution >= 4 is 61.6 Å². The first-order valence-electron chi connectivity index (χ1n) is 8.46. The lowest BCUT2D eigenvalue weighted by Gasteiger charge is -2.12. The molecule has 4 nitrogen and oxygen atoms in total. The predicted octanol–water partition coefficient (Wildman–Crippen LogP) is 6.47. The Bertz CT molecular complexity index is 996. The summed E-state index contributed by atoms with van der Waals surface area (Å²) in [6.07, 6.45) is 6.50. The number of amides is 1. The molecule has 3 aromatic rings. The number of nitrogens with one attached hydrogen (secondary N) is 1. The maximum Gasteiger partial charge on any atom is 0.256 e. The van der Waals surface area contributed by atoms with Crippen LogP contribution in [0.25, 0.3) is 10.9 Å². The van der Waals surface area contributed by atoms with Gasteiger partial charge in [-0.25, -0.2) is 0 Å². The van der Waals surface area contributed by atoms with Crippen LogP contribution in [0.4, 0.5) is 5.69 Å². The molecule has 4 rings (SSSR count). The van der Waals surface area contributed by atoms with Gasteiger partial charge in [-0.05, 0) is 43.2 Å². The van der Waals surface area contributed by atoms with Crippen molar-refractivity contribution < 1.29 is 4.79 Å². The number of anilines is 1. The van der Waals surface area contributed by atoms with E-state index in [2.05, 4.69) is 31.0 Å². The van der Waals surface area contributed by atoms with E-state index in [9.17, 15) is 4.79 Å². The molecule has 0 bridgehead atoms. The highest BCUT2D eigenvalue weighted by atomic mass is 79.9. The summed E-state index contributed by atoms with van der Waals surface area (Å²) in [5, 5.41) is 9.15. The molecule has 0 unspecified atom stereocenters. The average Bonchev–Trinajstić information content (AvgIpc) is 3.26. The number of hydrogen-bond acceptors (Lipinski definition) is 2. The first-order chi connectivity index (χ1) is 12.5. The van der Waals surface area contributed by atoms with Crippen molar-refractivity contribution in [2.24, 2.45) is 0 Å². The van der Waals surface area contributed by atoms with Gasteiger partial charge in [0.2, 0.25) is 0 Å². The lowest BCUT2D eigenvalue weighted by Crippen LogP contribution is -2.12. The highest BCUT2D eigenvalue weighted by Gasteiger charge is 2.22. The van der Waals surface area contributed by atoms with Gasteiger partial charge in [0.05, 0.1) is 33.4 Å². The van der Waals surface area contributed by atoms with Crippen LogP contribution in [0.15, 0.2) is 41.0 Å². The van der Waals surface area contributed by atoms with Gasteiger partial charge in [-0.2, -0.15) is 5.10 Å². The molecule has 1 heterocycles. The van der Waals surface area contributed by atoms with Crippen molar-refractivity contribution in [3.05, 3.63) is 56.6 Å². The Hall–Kier alpha value is -1.56. The second-order valence-electron chi connectivity index (χ2n) is 6.50. The van der Waals surface area contributed by atoms with E-state index in [0.717, 1.165) is 28.2 Å². The third-order valence-electron chi connectivity index (χ3n) is 4.77. The molecule has 1 aliphatic rings. The van der Waals surface area contributed by atoms with E-state index in [1.807, 2.05) is 12.1 Å². The van der Waals surface area contributed by atoms with E-state index >= 15 is 0 Å². The van der Waals surface area contributed by atoms with Gasteiger partial charge in [0.15, 0.2) is 0 Å². The number of benzene rings is 2. The Morgan fingerprint density at radius 1 is 1.15 bits per heavy atom. The zero-order chi connectivity index (χ0) is 18.3. The third-order valence-corrected chi connectivity index (χ3v) is 5.97. The maximum absolute atomic E-state index is 12.9. The molecule has 2 aromatic carbocycles. The highest BCUT2D eigenvalue weighted by molar-refractivity contribution is 9.10. The van der Waals surface area contributed by atoms with Crippen molar-refractivity contribution in [3.8, 4) is 0 Å². The lowest BCUT2D eigenvalue weighted by molar-refractivity contribution is 0.102. The normalized spacial score (nSPS) is 14.9. The van der Waals surface area contributed by atoms with Crippen molar-refractivity contribution in [3.63, 3.8) is 0 Å². The van der Waals surface area contributed by atoms with E-state index in [1.165, 1.54) is 12.8 Å². The quantitative estimate of drug-likeness (QED) is 0.494. The summed E-state index contributed by atoms with van der Waals surface area (Å²) in [5.74, 6) is -0.208. The van der Waals surface area contributed by atoms with E-state index in [0.29, 0.717) is 27.3 Å². The van der Waals surface area contributed by atoms with Crippen LogP contribution in [0.2, 0.25) is 10.0 Å². The minimum atomic E-state index is -0.208. The minimum absolute atomic E-state index is 0.208. The fourth-order valence-corrected chi connectivity index (χ4v) is 4.25. The Balaban J connectivity index is 1.71. The second kappa shape index (κ2) is 7.22. The zero-order valence-corrected chi connectivity index (χ0v) is 16.9. The number of rotatable bonds is 3. The van der Waals surface area contributed by atoms with Crippen LogP contribution >= 0.6 is 39.1 Å². The smallest absolute Gasteiger partial charge is 0.256 e. The number of hydrogen-bond donors (Lipinski definition) is 1. The Morgan fingerprint density at radius 3 is 2.65 bits per heavy atom. The zero-order valence-electron chi connectivity index (χ0n) is 13.8. The molecule has 1 aliphatic carbocycles. The van der Waals surface area contributed by atoms with Gasteiger partial charge in [0.1, 0.15) is 0 Å². The number of fused-ring (bicyclic) bond motifs is 1. The van der Waals surface area contributed by atoms with Gasteiger partial charge in [-0.1, -0.05) is 52.0 Å². The molecule has 26 heavy (non-hydrogen) atoms. The summed E-state index contributed by atoms with van der Waals surface area (Å²) in [4.78, 5) is 12.9. The fraction of sp³-hybridized carbons (Fsp3) is 0.263. The van der Waals surface area contributed by atoms with Crippen LogP contribution in [0.5, 0.6) is 0 Å². The summed E-state index contributed by atoms with van der Waals surface area (Å²) >= 11 is 15.5. The average molecular weight is 453 g/mol. The number of aromatic nitrogens is 2. The molecule has 1 fully saturated rings. The molecule has 1 amide bonds. The van der Waals surface area contributed by atoms with Crippen molar-refractivity contribution in [2.75, 3.05) is 5.32 Å². The second-order valence-corrected chi connectivity index (χ2v) is 8.23. The van der Waals surface area contributed by atoms with E-state index < -0.39 is 0 Å². The van der Waals surface area contributed by atoms with Crippen molar-refractivity contribution in [1.82, 2.24) is 9.78 Å². The lowest BCUT2D eigenvalue weighted by atomic mass is 10.1. The number of nitrogens with zero attached hydrogens (tertiary/aromatic N) is 2. The van der Waals surface area contributed by atoms with Gasteiger partial charge in [-0.3, -0.25) is 9.48 Å². The topological polar surface area (TPSA) is 46.9 Å². The molecule has 1 aromatic heterocycles. The van der Waals surface area contributed by atoms with E-state index in [-0.39, 0.29) is 5.91 Å². The van der Waals surface area contributed by atoms with Gasteiger partial charge in [0.25, 0.3) is 5.91 Å². The van der Waals surface area contributed by atoms with Crippen LogP contribution in [0.3, 0.4) is 0 Å². The SMILES string of the molecule is O=C(Nc1ccc(Cl)c(Cl)c1)c1cc(Br)cc2c1cnn2C1CCCC1. The number of carbonyl (C=O) groups is 1. The van der Waals surface area contributed by atoms with Crippen LogP contribution in [-0.4, -0.2) is 15.7 Å². The Kier molecular flexibility index (Phi) is 4.95. The van der Waals surface area contributed by atoms with Gasteiger partial charge in [0, 0.05) is 15.5 Å². The molecule has 0 saturated heterocycles. The van der Waals surface area contributed by atoms with E-state index in [4.69, 9.17) is 23.2 Å². The third kappa shape index (κ3) is 3.36. The van der Waals surface area contributed by atoms with Crippen LogP contribution in [-0.2, 0) is 0 Å². The van der Waals surface area contributed by atoms with Gasteiger partial charge < -0.3 is 5.32 Å². The Morgan fingerprint density at radius 2 is 1.92 bits per heavy atom. The summed E-state index contributed by atoms with van der Waals surface area (Å²) in [6.45, 7) is 0. The van der Waals surface area contributed by atoms with Crippen molar-refractivity contribution in [2.45, 2.75) is 31.7 Å². The molecule has 1 saturated carbocycles. The van der Waals surface area contributed by atoms with Crippen LogP contribution < -0.4 is 5.32 Å². The van der Waals surface area contributed by atoms with Crippen molar-refractivity contribution in [1.29, 1.82) is 0 Å². The molecule has 0 atom stereocenters. The first-order valence-corrected chi connectivity index (χ1v) is 10.0.